The summed E-state index contributed by atoms with van der Waals surface area (Å²) in [6, 6.07) is 11.9. The second kappa shape index (κ2) is 7.07. The second-order valence-corrected chi connectivity index (χ2v) is 7.39. The minimum Gasteiger partial charge on any atom is -0.298 e. The summed E-state index contributed by atoms with van der Waals surface area (Å²) in [5, 5.41) is 0.772. The van der Waals surface area contributed by atoms with Crippen molar-refractivity contribution in [3.8, 4) is 0 Å². The van der Waals surface area contributed by atoms with Gasteiger partial charge in [-0.25, -0.2) is 0 Å². The van der Waals surface area contributed by atoms with Crippen molar-refractivity contribution in [1.82, 2.24) is 0 Å². The molecule has 1 aliphatic rings. The lowest BCUT2D eigenvalue weighted by atomic mass is 10.1. The van der Waals surface area contributed by atoms with Crippen LogP contribution in [0.15, 0.2) is 47.4 Å². The van der Waals surface area contributed by atoms with E-state index >= 15 is 0 Å². The number of hydrogen-bond donors (Lipinski definition) is 0. The Hall–Kier alpha value is -1.66. The van der Waals surface area contributed by atoms with Gasteiger partial charge in [-0.1, -0.05) is 71.4 Å². The van der Waals surface area contributed by atoms with Gasteiger partial charge in [0.05, 0.1) is 20.6 Å². The second-order valence-electron chi connectivity index (χ2n) is 4.90. The first kappa shape index (κ1) is 17.2. The average molecular weight is 394 g/mol. The number of thioether (sulfide) groups is 1. The van der Waals surface area contributed by atoms with Crippen LogP contribution in [-0.2, 0) is 4.79 Å². The predicted octanol–water partition coefficient (Wildman–Crippen LogP) is 5.21. The highest BCUT2D eigenvalue weighted by Crippen LogP contribution is 2.37. The molecule has 1 saturated heterocycles. The zero-order valence-electron chi connectivity index (χ0n) is 12.0. The van der Waals surface area contributed by atoms with Crippen molar-refractivity contribution in [3.05, 3.63) is 68.5 Å². The van der Waals surface area contributed by atoms with E-state index in [0.29, 0.717) is 30.5 Å². The van der Waals surface area contributed by atoms with Crippen LogP contribution in [0, 0.1) is 0 Å². The predicted molar refractivity (Wildman–Crippen MR) is 104 cm³/mol. The Morgan fingerprint density at radius 1 is 1.00 bits per heavy atom. The Morgan fingerprint density at radius 3 is 2.29 bits per heavy atom. The molecule has 0 radical (unpaired) electrons. The highest BCUT2D eigenvalue weighted by Gasteiger charge is 2.33. The summed E-state index contributed by atoms with van der Waals surface area (Å²) in [5.41, 5.74) is 1.97. The van der Waals surface area contributed by atoms with Gasteiger partial charge in [0.15, 0.2) is 4.32 Å². The van der Waals surface area contributed by atoms with Crippen LogP contribution in [0.2, 0.25) is 10.0 Å². The molecule has 0 saturated carbocycles. The van der Waals surface area contributed by atoms with Crippen molar-refractivity contribution in [2.75, 3.05) is 4.90 Å². The summed E-state index contributed by atoms with van der Waals surface area (Å²) >= 11 is 18.5. The first-order chi connectivity index (χ1) is 11.5. The standard InChI is InChI=1S/C17H9Cl2NO2S2/c18-13-6-5-12(8-14(13)19)20-16(22)15(24-17(20)23)7-10-1-3-11(9-21)4-2-10/h1-9H. The summed E-state index contributed by atoms with van der Waals surface area (Å²) < 4.78 is 0.425. The molecule has 1 fully saturated rings. The van der Waals surface area contributed by atoms with Crippen molar-refractivity contribution >= 4 is 75.5 Å². The maximum absolute atomic E-state index is 12.7. The van der Waals surface area contributed by atoms with Crippen LogP contribution in [-0.4, -0.2) is 16.5 Å². The molecule has 24 heavy (non-hydrogen) atoms. The first-order valence-corrected chi connectivity index (χ1v) is 8.76. The first-order valence-electron chi connectivity index (χ1n) is 6.78. The minimum atomic E-state index is -0.220. The lowest BCUT2D eigenvalue weighted by Gasteiger charge is -2.15. The van der Waals surface area contributed by atoms with Gasteiger partial charge in [0, 0.05) is 5.56 Å². The lowest BCUT2D eigenvalue weighted by molar-refractivity contribution is -0.113. The van der Waals surface area contributed by atoms with Gasteiger partial charge in [-0.05, 0) is 29.8 Å². The van der Waals surface area contributed by atoms with E-state index in [-0.39, 0.29) is 5.91 Å². The van der Waals surface area contributed by atoms with Gasteiger partial charge in [0.1, 0.15) is 6.29 Å². The molecule has 0 aromatic heterocycles. The minimum absolute atomic E-state index is 0.220. The molecule has 0 N–H and O–H groups in total. The summed E-state index contributed by atoms with van der Waals surface area (Å²) in [6.45, 7) is 0. The number of amides is 1. The van der Waals surface area contributed by atoms with E-state index in [1.54, 1.807) is 48.5 Å². The van der Waals surface area contributed by atoms with Crippen molar-refractivity contribution in [3.63, 3.8) is 0 Å². The van der Waals surface area contributed by atoms with Crippen LogP contribution in [0.1, 0.15) is 15.9 Å². The molecule has 1 heterocycles. The summed E-state index contributed by atoms with van der Waals surface area (Å²) in [6.07, 6.45) is 2.51. The Balaban J connectivity index is 1.91. The third-order valence-electron chi connectivity index (χ3n) is 3.33. The van der Waals surface area contributed by atoms with Crippen LogP contribution >= 0.6 is 47.2 Å². The quantitative estimate of drug-likeness (QED) is 0.407. The Morgan fingerprint density at radius 2 is 1.67 bits per heavy atom. The van der Waals surface area contributed by atoms with E-state index in [1.165, 1.54) is 16.7 Å². The van der Waals surface area contributed by atoms with E-state index in [0.717, 1.165) is 11.8 Å². The monoisotopic (exact) mass is 393 g/mol. The van der Waals surface area contributed by atoms with Gasteiger partial charge in [-0.2, -0.15) is 0 Å². The van der Waals surface area contributed by atoms with Crippen molar-refractivity contribution in [2.45, 2.75) is 0 Å². The highest BCUT2D eigenvalue weighted by molar-refractivity contribution is 8.27. The van der Waals surface area contributed by atoms with E-state index in [4.69, 9.17) is 35.4 Å². The number of hydrogen-bond acceptors (Lipinski definition) is 4. The molecule has 0 atom stereocenters. The molecule has 7 heteroatoms. The van der Waals surface area contributed by atoms with Crippen LogP contribution in [0.25, 0.3) is 6.08 Å². The summed E-state index contributed by atoms with van der Waals surface area (Å²) in [7, 11) is 0. The maximum Gasteiger partial charge on any atom is 0.270 e. The third kappa shape index (κ3) is 3.39. The van der Waals surface area contributed by atoms with Gasteiger partial charge in [0.2, 0.25) is 0 Å². The lowest BCUT2D eigenvalue weighted by Crippen LogP contribution is -2.27. The number of carbonyl (C=O) groups is 2. The number of halogens is 2. The van der Waals surface area contributed by atoms with Crippen LogP contribution in [0.3, 0.4) is 0 Å². The Kier molecular flexibility index (Phi) is 5.06. The fourth-order valence-electron chi connectivity index (χ4n) is 2.14. The van der Waals surface area contributed by atoms with Crippen molar-refractivity contribution < 1.29 is 9.59 Å². The molecule has 3 nitrogen and oxygen atoms in total. The number of aldehydes is 1. The fraction of sp³-hybridized carbons (Fsp3) is 0. The molecule has 1 amide bonds. The maximum atomic E-state index is 12.7. The zero-order chi connectivity index (χ0) is 17.3. The van der Waals surface area contributed by atoms with Gasteiger partial charge >= 0.3 is 0 Å². The smallest absolute Gasteiger partial charge is 0.270 e. The van der Waals surface area contributed by atoms with E-state index in [2.05, 4.69) is 0 Å². The topological polar surface area (TPSA) is 37.4 Å². The van der Waals surface area contributed by atoms with E-state index in [1.807, 2.05) is 0 Å². The fourth-order valence-corrected chi connectivity index (χ4v) is 3.73. The molecule has 1 aliphatic heterocycles. The molecule has 2 aromatic rings. The molecule has 0 unspecified atom stereocenters. The van der Waals surface area contributed by atoms with Crippen LogP contribution in [0.4, 0.5) is 5.69 Å². The molecule has 0 aliphatic carbocycles. The van der Waals surface area contributed by atoms with E-state index < -0.39 is 0 Å². The Bertz CT molecular complexity index is 879. The molecule has 3 rings (SSSR count). The Labute approximate surface area is 158 Å². The largest absolute Gasteiger partial charge is 0.298 e. The average Bonchev–Trinajstić information content (AvgIpc) is 2.85. The van der Waals surface area contributed by atoms with Crippen molar-refractivity contribution in [1.29, 1.82) is 0 Å². The molecular weight excluding hydrogens is 385 g/mol. The number of carbonyl (C=O) groups excluding carboxylic acids is 2. The molecular formula is C17H9Cl2NO2S2. The SMILES string of the molecule is O=Cc1ccc(C=C2SC(=S)N(c3ccc(Cl)c(Cl)c3)C2=O)cc1. The normalized spacial score (nSPS) is 16.1. The molecule has 120 valence electrons. The number of rotatable bonds is 3. The third-order valence-corrected chi connectivity index (χ3v) is 5.37. The van der Waals surface area contributed by atoms with Gasteiger partial charge in [0.25, 0.3) is 5.91 Å². The number of benzene rings is 2. The summed E-state index contributed by atoms with van der Waals surface area (Å²) in [5.74, 6) is -0.220. The highest BCUT2D eigenvalue weighted by atomic mass is 35.5. The number of anilines is 1. The van der Waals surface area contributed by atoms with Gasteiger partial charge < -0.3 is 0 Å². The van der Waals surface area contributed by atoms with E-state index in [9.17, 15) is 9.59 Å². The zero-order valence-corrected chi connectivity index (χ0v) is 15.2. The molecule has 0 bridgehead atoms. The van der Waals surface area contributed by atoms with Gasteiger partial charge in [-0.3, -0.25) is 14.5 Å². The van der Waals surface area contributed by atoms with Crippen LogP contribution < -0.4 is 4.90 Å². The van der Waals surface area contributed by atoms with Crippen LogP contribution in [0.5, 0.6) is 0 Å². The number of thiocarbonyl (C=S) groups is 1. The molecule has 0 spiro atoms. The molecule has 2 aromatic carbocycles. The number of nitrogens with zero attached hydrogens (tertiary/aromatic N) is 1. The summed E-state index contributed by atoms with van der Waals surface area (Å²) in [4.78, 5) is 25.3. The van der Waals surface area contributed by atoms with Crippen molar-refractivity contribution in [2.24, 2.45) is 0 Å². The van der Waals surface area contributed by atoms with Gasteiger partial charge in [-0.15, -0.1) is 0 Å².